The molecule has 15 heavy (non-hydrogen) atoms. The van der Waals surface area contributed by atoms with Crippen molar-refractivity contribution < 1.29 is 29.6 Å². The third-order valence-electron chi connectivity index (χ3n) is 2.05. The molecule has 0 fully saturated rings. The van der Waals surface area contributed by atoms with Crippen LogP contribution in [0.1, 0.15) is 0 Å². The Morgan fingerprint density at radius 3 is 1.93 bits per heavy atom. The van der Waals surface area contributed by atoms with Gasteiger partial charge in [0, 0.05) is 4.47 Å². The van der Waals surface area contributed by atoms with Crippen LogP contribution in [-0.4, -0.2) is 0 Å². The molecule has 0 N–H and O–H groups in total. The first-order chi connectivity index (χ1) is 6.79. The quantitative estimate of drug-likeness (QED) is 0.557. The number of rotatable bonds is 1. The molecular weight excluding hydrogens is 279 g/mol. The van der Waals surface area contributed by atoms with Gasteiger partial charge in [-0.15, -0.1) is 0 Å². The third-order valence-corrected chi connectivity index (χ3v) is 3.10. The van der Waals surface area contributed by atoms with Crippen molar-refractivity contribution in [1.29, 1.82) is 0 Å². The first kappa shape index (κ1) is 13.2. The zero-order chi connectivity index (χ0) is 9.97. The van der Waals surface area contributed by atoms with Crippen molar-refractivity contribution in [3.63, 3.8) is 0 Å². The van der Waals surface area contributed by atoms with Crippen molar-refractivity contribution in [3.8, 4) is 11.1 Å². The average molecular weight is 287 g/mol. The van der Waals surface area contributed by atoms with Crippen LogP contribution in [0.5, 0.6) is 0 Å². The molecule has 0 unspecified atom stereocenters. The van der Waals surface area contributed by atoms with Crippen LogP contribution < -0.4 is 29.6 Å². The van der Waals surface area contributed by atoms with Gasteiger partial charge in [0.1, 0.15) is 0 Å². The molecule has 70 valence electrons. The Labute approximate surface area is 126 Å². The van der Waals surface area contributed by atoms with E-state index < -0.39 is 0 Å². The molecule has 0 aliphatic heterocycles. The Balaban J connectivity index is 0.00000112. The summed E-state index contributed by atoms with van der Waals surface area (Å²) in [6.07, 6.45) is 0. The zero-order valence-electron chi connectivity index (χ0n) is 8.41. The molecule has 3 heteroatoms. The van der Waals surface area contributed by atoms with Gasteiger partial charge >= 0.3 is 29.6 Å². The predicted octanol–water partition coefficient (Wildman–Crippen LogP) is 1.03. The second kappa shape index (κ2) is 6.02. The average Bonchev–Trinajstić information content (AvgIpc) is 2.20. The van der Waals surface area contributed by atoms with Gasteiger partial charge in [0.25, 0.3) is 0 Å². The fourth-order valence-corrected chi connectivity index (χ4v) is 2.12. The van der Waals surface area contributed by atoms with Gasteiger partial charge in [0.15, 0.2) is 0 Å². The molecule has 2 aromatic rings. The summed E-state index contributed by atoms with van der Waals surface area (Å²) in [6, 6.07) is 16.1. The number of halogens is 1. The van der Waals surface area contributed by atoms with E-state index in [4.69, 9.17) is 12.6 Å². The Hall–Kier alpha value is 0.140. The largest absolute Gasteiger partial charge is 1.00 e. The van der Waals surface area contributed by atoms with Crippen LogP contribution in [0, 0.1) is 0 Å². The summed E-state index contributed by atoms with van der Waals surface area (Å²) in [5.74, 6) is 0. The molecule has 0 nitrogen and oxygen atoms in total. The van der Waals surface area contributed by atoms with E-state index in [1.165, 1.54) is 0 Å². The van der Waals surface area contributed by atoms with Crippen molar-refractivity contribution in [3.05, 3.63) is 53.0 Å². The van der Waals surface area contributed by atoms with E-state index >= 15 is 0 Å². The monoisotopic (exact) mass is 286 g/mol. The Morgan fingerprint density at radius 2 is 1.33 bits per heavy atom. The van der Waals surface area contributed by atoms with E-state index in [-0.39, 0.29) is 29.6 Å². The molecule has 0 saturated carbocycles. The zero-order valence-corrected chi connectivity index (χ0v) is 12.8. The normalized spacial score (nSPS) is 9.40. The van der Waals surface area contributed by atoms with Gasteiger partial charge in [-0.1, -0.05) is 58.4 Å². The maximum Gasteiger partial charge on any atom is 1.00 e. The van der Waals surface area contributed by atoms with E-state index in [2.05, 4.69) is 22.0 Å². The van der Waals surface area contributed by atoms with Gasteiger partial charge in [-0.3, -0.25) is 0 Å². The summed E-state index contributed by atoms with van der Waals surface area (Å²) in [5.41, 5.74) is 2.26. The second-order valence-corrected chi connectivity index (χ2v) is 4.27. The van der Waals surface area contributed by atoms with Gasteiger partial charge < -0.3 is 12.6 Å². The molecule has 0 aliphatic carbocycles. The molecule has 0 amide bonds. The minimum absolute atomic E-state index is 0. The second-order valence-electron chi connectivity index (χ2n) is 2.98. The maximum atomic E-state index is 5.27. The van der Waals surface area contributed by atoms with Gasteiger partial charge in [-0.25, -0.2) is 0 Å². The predicted molar refractivity (Wildman–Crippen MR) is 65.2 cm³/mol. The Morgan fingerprint density at radius 1 is 0.800 bits per heavy atom. The molecule has 0 atom stereocenters. The van der Waals surface area contributed by atoms with Crippen LogP contribution in [-0.2, 0) is 12.6 Å². The van der Waals surface area contributed by atoms with Crippen LogP contribution in [0.2, 0.25) is 0 Å². The fourth-order valence-electron chi connectivity index (χ4n) is 1.37. The summed E-state index contributed by atoms with van der Waals surface area (Å²) >= 11 is 8.79. The molecule has 0 spiro atoms. The van der Waals surface area contributed by atoms with Crippen molar-refractivity contribution in [2.75, 3.05) is 0 Å². The van der Waals surface area contributed by atoms with Crippen LogP contribution in [0.15, 0.2) is 57.9 Å². The summed E-state index contributed by atoms with van der Waals surface area (Å²) in [7, 11) is 0. The van der Waals surface area contributed by atoms with Gasteiger partial charge in [0.05, 0.1) is 0 Å². The van der Waals surface area contributed by atoms with Gasteiger partial charge in [-0.05, 0) is 17.2 Å². The molecule has 2 rings (SSSR count). The molecule has 0 saturated heterocycles. The molecule has 0 radical (unpaired) electrons. The van der Waals surface area contributed by atoms with Crippen LogP contribution >= 0.6 is 15.9 Å². The van der Waals surface area contributed by atoms with E-state index in [0.29, 0.717) is 0 Å². The van der Waals surface area contributed by atoms with Crippen molar-refractivity contribution >= 4 is 28.6 Å². The summed E-state index contributed by atoms with van der Waals surface area (Å²) in [6.45, 7) is 0. The standard InChI is InChI=1S/C12H9BrS.Na/c13-11-7-3-1-5-9(11)10-6-2-4-8-12(10)14;/h1-8,14H;/q;+1/p-1. The molecule has 0 bridgehead atoms. The van der Waals surface area contributed by atoms with E-state index in [0.717, 1.165) is 20.5 Å². The van der Waals surface area contributed by atoms with Crippen molar-refractivity contribution in [2.24, 2.45) is 0 Å². The van der Waals surface area contributed by atoms with Crippen molar-refractivity contribution in [2.45, 2.75) is 4.90 Å². The minimum Gasteiger partial charge on any atom is -0.779 e. The van der Waals surface area contributed by atoms with E-state index in [9.17, 15) is 0 Å². The van der Waals surface area contributed by atoms with E-state index in [1.54, 1.807) is 0 Å². The fraction of sp³-hybridized carbons (Fsp3) is 0. The number of hydrogen-bond donors (Lipinski definition) is 0. The first-order valence-electron chi connectivity index (χ1n) is 4.30. The molecule has 0 heterocycles. The Bertz CT molecular complexity index is 413. The summed E-state index contributed by atoms with van der Waals surface area (Å²) in [5, 5.41) is 0. The smallest absolute Gasteiger partial charge is 0.779 e. The van der Waals surface area contributed by atoms with Crippen molar-refractivity contribution in [1.82, 2.24) is 0 Å². The van der Waals surface area contributed by atoms with Gasteiger partial charge in [0.2, 0.25) is 0 Å². The van der Waals surface area contributed by atoms with Crippen LogP contribution in [0.4, 0.5) is 0 Å². The third kappa shape index (κ3) is 3.05. The Kier molecular flexibility index (Phi) is 5.30. The van der Waals surface area contributed by atoms with Crippen LogP contribution in [0.3, 0.4) is 0 Å². The molecule has 2 aromatic carbocycles. The first-order valence-corrected chi connectivity index (χ1v) is 5.50. The number of hydrogen-bond acceptors (Lipinski definition) is 1. The number of benzene rings is 2. The van der Waals surface area contributed by atoms with E-state index in [1.807, 2.05) is 42.5 Å². The van der Waals surface area contributed by atoms with Crippen LogP contribution in [0.25, 0.3) is 11.1 Å². The SMILES string of the molecule is [Na+].[S-]c1ccccc1-c1ccccc1Br. The molecule has 0 aliphatic rings. The summed E-state index contributed by atoms with van der Waals surface area (Å²) in [4.78, 5) is 0.888. The minimum atomic E-state index is 0. The molecular formula is C12H8BrNaS. The van der Waals surface area contributed by atoms with Gasteiger partial charge in [-0.2, -0.15) is 4.90 Å². The summed E-state index contributed by atoms with van der Waals surface area (Å²) < 4.78 is 1.08. The maximum absolute atomic E-state index is 5.27. The topological polar surface area (TPSA) is 0 Å². The molecule has 0 aromatic heterocycles.